The van der Waals surface area contributed by atoms with E-state index in [1.54, 1.807) is 18.5 Å². The lowest BCUT2D eigenvalue weighted by molar-refractivity contribution is -0.114. The highest BCUT2D eigenvalue weighted by molar-refractivity contribution is 5.88. The van der Waals surface area contributed by atoms with E-state index in [-0.39, 0.29) is 11.8 Å². The summed E-state index contributed by atoms with van der Waals surface area (Å²) >= 11 is 0. The van der Waals surface area contributed by atoms with E-state index in [1.165, 1.54) is 19.8 Å². The van der Waals surface area contributed by atoms with Gasteiger partial charge in [-0.25, -0.2) is 15.0 Å². The number of anilines is 2. The third-order valence-electron chi connectivity index (χ3n) is 6.51. The van der Waals surface area contributed by atoms with E-state index in [0.717, 1.165) is 62.9 Å². The average Bonchev–Trinajstić information content (AvgIpc) is 3.40. The van der Waals surface area contributed by atoms with Gasteiger partial charge in [-0.3, -0.25) is 14.7 Å². The molecule has 2 aromatic heterocycles. The Morgan fingerprint density at radius 2 is 1.83 bits per heavy atom. The van der Waals surface area contributed by atoms with Crippen molar-refractivity contribution in [2.45, 2.75) is 45.1 Å². The van der Waals surface area contributed by atoms with Crippen LogP contribution in [0.25, 0.3) is 0 Å². The van der Waals surface area contributed by atoms with Gasteiger partial charge >= 0.3 is 0 Å². The first-order valence-corrected chi connectivity index (χ1v) is 12.3. The molecule has 0 atom stereocenters. The number of piperidine rings is 1. The standard InChI is InChI=1S/C26H31N7O2/c1-19(34)30-21-5-4-6-23(17-21)35-25-24(27-11-12-28-25)20-8-15-32(16-9-20)18-22-7-10-29-26(31-22)33-13-2-3-14-33/h4-7,10-12,17,20H,2-3,8-9,13-16,18H2,1H3,(H,30,34). The van der Waals surface area contributed by atoms with Gasteiger partial charge in [-0.1, -0.05) is 6.07 Å². The number of likely N-dealkylation sites (tertiary alicyclic amines) is 1. The fraction of sp³-hybridized carbons (Fsp3) is 0.423. The SMILES string of the molecule is CC(=O)Nc1cccc(Oc2nccnc2C2CCN(Cc3ccnc(N4CCCC4)n3)CC2)c1. The summed E-state index contributed by atoms with van der Waals surface area (Å²) in [4.78, 5) is 34.5. The summed E-state index contributed by atoms with van der Waals surface area (Å²) in [5.41, 5.74) is 2.64. The number of nitrogens with one attached hydrogen (secondary N) is 1. The number of amides is 1. The predicted octanol–water partition coefficient (Wildman–Crippen LogP) is 4.00. The first kappa shape index (κ1) is 23.2. The molecule has 3 aromatic rings. The van der Waals surface area contributed by atoms with Crippen LogP contribution in [0.1, 0.15) is 49.9 Å². The van der Waals surface area contributed by atoms with Crippen LogP contribution in [0.4, 0.5) is 11.6 Å². The van der Waals surface area contributed by atoms with Gasteiger partial charge in [0.05, 0.1) is 5.69 Å². The van der Waals surface area contributed by atoms with Crippen LogP contribution in [0.2, 0.25) is 0 Å². The maximum atomic E-state index is 11.4. The zero-order valence-corrected chi connectivity index (χ0v) is 20.1. The second-order valence-electron chi connectivity index (χ2n) is 9.15. The Labute approximate surface area is 205 Å². The summed E-state index contributed by atoms with van der Waals surface area (Å²) in [5, 5.41) is 2.78. The Bertz CT molecular complexity index is 1160. The van der Waals surface area contributed by atoms with Gasteiger partial charge in [0.2, 0.25) is 17.7 Å². The molecule has 2 aliphatic rings. The van der Waals surface area contributed by atoms with Crippen LogP contribution < -0.4 is 15.0 Å². The lowest BCUT2D eigenvalue weighted by atomic mass is 9.93. The number of ether oxygens (including phenoxy) is 1. The summed E-state index contributed by atoms with van der Waals surface area (Å²) in [7, 11) is 0. The minimum absolute atomic E-state index is 0.122. The minimum Gasteiger partial charge on any atom is -0.437 e. The molecule has 0 radical (unpaired) electrons. The number of benzene rings is 1. The smallest absolute Gasteiger partial charge is 0.241 e. The number of nitrogens with zero attached hydrogens (tertiary/aromatic N) is 6. The van der Waals surface area contributed by atoms with Crippen LogP contribution in [-0.2, 0) is 11.3 Å². The summed E-state index contributed by atoms with van der Waals surface area (Å²) in [6.45, 7) is 6.33. The number of rotatable bonds is 7. The first-order valence-electron chi connectivity index (χ1n) is 12.3. The summed E-state index contributed by atoms with van der Waals surface area (Å²) in [5.74, 6) is 2.16. The molecule has 1 aromatic carbocycles. The maximum Gasteiger partial charge on any atom is 0.241 e. The number of carbonyl (C=O) groups excluding carboxylic acids is 1. The van der Waals surface area contributed by atoms with E-state index in [4.69, 9.17) is 9.72 Å². The highest BCUT2D eigenvalue weighted by Gasteiger charge is 2.26. The summed E-state index contributed by atoms with van der Waals surface area (Å²) < 4.78 is 6.11. The molecule has 0 unspecified atom stereocenters. The van der Waals surface area contributed by atoms with E-state index in [1.807, 2.05) is 30.5 Å². The molecule has 2 fully saturated rings. The van der Waals surface area contributed by atoms with E-state index in [2.05, 4.69) is 30.1 Å². The second kappa shape index (κ2) is 10.8. The van der Waals surface area contributed by atoms with Crippen LogP contribution in [0.15, 0.2) is 48.9 Å². The van der Waals surface area contributed by atoms with Crippen LogP contribution in [0.3, 0.4) is 0 Å². The molecule has 1 amide bonds. The van der Waals surface area contributed by atoms with Crippen LogP contribution in [0, 0.1) is 0 Å². The first-order chi connectivity index (χ1) is 17.1. The molecule has 182 valence electrons. The van der Waals surface area contributed by atoms with Crippen molar-refractivity contribution in [3.63, 3.8) is 0 Å². The monoisotopic (exact) mass is 473 g/mol. The lowest BCUT2D eigenvalue weighted by Gasteiger charge is -2.31. The fourth-order valence-corrected chi connectivity index (χ4v) is 4.78. The van der Waals surface area contributed by atoms with Crippen molar-refractivity contribution in [3.8, 4) is 11.6 Å². The Morgan fingerprint density at radius 1 is 1.03 bits per heavy atom. The van der Waals surface area contributed by atoms with Crippen molar-refractivity contribution in [3.05, 3.63) is 60.3 Å². The summed E-state index contributed by atoms with van der Waals surface area (Å²) in [6, 6.07) is 9.34. The topological polar surface area (TPSA) is 96.4 Å². The van der Waals surface area contributed by atoms with E-state index >= 15 is 0 Å². The van der Waals surface area contributed by atoms with Gasteiger partial charge in [0.15, 0.2) is 0 Å². The number of hydrogen-bond acceptors (Lipinski definition) is 8. The molecular formula is C26H31N7O2. The zero-order chi connectivity index (χ0) is 24.0. The van der Waals surface area contributed by atoms with Crippen LogP contribution in [-0.4, -0.2) is 56.9 Å². The summed E-state index contributed by atoms with van der Waals surface area (Å²) in [6.07, 6.45) is 9.65. The van der Waals surface area contributed by atoms with Crippen molar-refractivity contribution in [2.24, 2.45) is 0 Å². The van der Waals surface area contributed by atoms with Crippen molar-refractivity contribution in [2.75, 3.05) is 36.4 Å². The van der Waals surface area contributed by atoms with Crippen molar-refractivity contribution in [1.29, 1.82) is 0 Å². The quantitative estimate of drug-likeness (QED) is 0.550. The molecule has 35 heavy (non-hydrogen) atoms. The molecule has 9 nitrogen and oxygen atoms in total. The predicted molar refractivity (Wildman–Crippen MR) is 134 cm³/mol. The third-order valence-corrected chi connectivity index (χ3v) is 6.51. The van der Waals surface area contributed by atoms with Gasteiger partial charge in [0.1, 0.15) is 11.4 Å². The number of hydrogen-bond donors (Lipinski definition) is 1. The van der Waals surface area contributed by atoms with Crippen molar-refractivity contribution < 1.29 is 9.53 Å². The normalized spacial score (nSPS) is 16.9. The number of aromatic nitrogens is 4. The van der Waals surface area contributed by atoms with Gasteiger partial charge in [0.25, 0.3) is 0 Å². The van der Waals surface area contributed by atoms with Crippen LogP contribution in [0.5, 0.6) is 11.6 Å². The Hall–Kier alpha value is -3.59. The Kier molecular flexibility index (Phi) is 7.13. The lowest BCUT2D eigenvalue weighted by Crippen LogP contribution is -2.33. The highest BCUT2D eigenvalue weighted by Crippen LogP contribution is 2.34. The second-order valence-corrected chi connectivity index (χ2v) is 9.15. The molecule has 0 saturated carbocycles. The van der Waals surface area contributed by atoms with E-state index < -0.39 is 0 Å². The van der Waals surface area contributed by atoms with Gasteiger partial charge in [-0.2, -0.15) is 0 Å². The van der Waals surface area contributed by atoms with E-state index in [9.17, 15) is 4.79 Å². The molecule has 2 saturated heterocycles. The Morgan fingerprint density at radius 3 is 2.63 bits per heavy atom. The molecule has 0 aliphatic carbocycles. The molecule has 4 heterocycles. The zero-order valence-electron chi connectivity index (χ0n) is 20.1. The van der Waals surface area contributed by atoms with Gasteiger partial charge in [-0.05, 0) is 57.0 Å². The molecule has 0 spiro atoms. The fourth-order valence-electron chi connectivity index (χ4n) is 4.78. The number of carbonyl (C=O) groups is 1. The highest BCUT2D eigenvalue weighted by atomic mass is 16.5. The van der Waals surface area contributed by atoms with E-state index in [0.29, 0.717) is 17.3 Å². The maximum absolute atomic E-state index is 11.4. The molecule has 1 N–H and O–H groups in total. The van der Waals surface area contributed by atoms with Crippen LogP contribution >= 0.6 is 0 Å². The van der Waals surface area contributed by atoms with Crippen molar-refractivity contribution in [1.82, 2.24) is 24.8 Å². The third kappa shape index (κ3) is 5.92. The molecular weight excluding hydrogens is 442 g/mol. The molecule has 5 rings (SSSR count). The molecule has 0 bridgehead atoms. The van der Waals surface area contributed by atoms with Gasteiger partial charge < -0.3 is 15.0 Å². The largest absolute Gasteiger partial charge is 0.437 e. The van der Waals surface area contributed by atoms with Crippen molar-refractivity contribution >= 4 is 17.5 Å². The average molecular weight is 474 g/mol. The Balaban J connectivity index is 1.21. The minimum atomic E-state index is -0.122. The van der Waals surface area contributed by atoms with Gasteiger partial charge in [-0.15, -0.1) is 0 Å². The van der Waals surface area contributed by atoms with Gasteiger partial charge in [0, 0.05) is 62.8 Å². The molecule has 2 aliphatic heterocycles. The molecule has 9 heteroatoms.